The third-order valence-corrected chi connectivity index (χ3v) is 2.75. The van der Waals surface area contributed by atoms with Gasteiger partial charge in [0.05, 0.1) is 13.1 Å². The van der Waals surface area contributed by atoms with Crippen LogP contribution in [0.5, 0.6) is 0 Å². The van der Waals surface area contributed by atoms with Crippen molar-refractivity contribution < 1.29 is 14.7 Å². The van der Waals surface area contributed by atoms with Crippen LogP contribution in [0.4, 0.5) is 0 Å². The van der Waals surface area contributed by atoms with E-state index in [1.165, 1.54) is 0 Å². The fourth-order valence-corrected chi connectivity index (χ4v) is 1.75. The summed E-state index contributed by atoms with van der Waals surface area (Å²) in [6.45, 7) is 6.93. The molecule has 0 aromatic carbocycles. The molecule has 17 heavy (non-hydrogen) atoms. The second-order valence-corrected chi connectivity index (χ2v) is 4.59. The highest BCUT2D eigenvalue weighted by Crippen LogP contribution is 2.01. The predicted molar refractivity (Wildman–Crippen MR) is 63.8 cm³/mol. The summed E-state index contributed by atoms with van der Waals surface area (Å²) in [5.74, 6) is -0.722. The number of nitrogens with zero attached hydrogens (tertiary/aromatic N) is 2. The standard InChI is InChI=1S/C11H21N3O3/c1-9(2)12-7-10(15)14-5-3-13(4-6-14)8-11(16)17/h9,12H,3-8H2,1-2H3,(H,16,17). The third kappa shape index (κ3) is 5.14. The van der Waals surface area contributed by atoms with Crippen LogP contribution in [0.2, 0.25) is 0 Å². The molecule has 1 aliphatic rings. The Kier molecular flexibility index (Phi) is 5.37. The van der Waals surface area contributed by atoms with Crippen molar-refractivity contribution in [3.05, 3.63) is 0 Å². The first kappa shape index (κ1) is 13.9. The molecular formula is C11H21N3O3. The fraction of sp³-hybridized carbons (Fsp3) is 0.818. The van der Waals surface area contributed by atoms with E-state index in [0.29, 0.717) is 38.8 Å². The van der Waals surface area contributed by atoms with Crippen LogP contribution in [0.15, 0.2) is 0 Å². The summed E-state index contributed by atoms with van der Waals surface area (Å²) in [7, 11) is 0. The number of hydrogen-bond donors (Lipinski definition) is 2. The molecule has 1 saturated heterocycles. The molecule has 0 saturated carbocycles. The molecule has 6 heteroatoms. The van der Waals surface area contributed by atoms with Crippen molar-refractivity contribution >= 4 is 11.9 Å². The molecule has 0 unspecified atom stereocenters. The number of amides is 1. The monoisotopic (exact) mass is 243 g/mol. The summed E-state index contributed by atoms with van der Waals surface area (Å²) in [5.41, 5.74) is 0. The van der Waals surface area contributed by atoms with E-state index in [-0.39, 0.29) is 12.5 Å². The SMILES string of the molecule is CC(C)NCC(=O)N1CCN(CC(=O)O)CC1. The summed E-state index contributed by atoms with van der Waals surface area (Å²) < 4.78 is 0. The van der Waals surface area contributed by atoms with Gasteiger partial charge in [-0.3, -0.25) is 14.5 Å². The van der Waals surface area contributed by atoms with E-state index in [1.807, 2.05) is 18.7 Å². The maximum atomic E-state index is 11.8. The Balaban J connectivity index is 2.26. The van der Waals surface area contributed by atoms with Crippen molar-refractivity contribution in [3.63, 3.8) is 0 Å². The zero-order chi connectivity index (χ0) is 12.8. The lowest BCUT2D eigenvalue weighted by Gasteiger charge is -2.34. The summed E-state index contributed by atoms with van der Waals surface area (Å²) in [5, 5.41) is 11.7. The van der Waals surface area contributed by atoms with Gasteiger partial charge in [-0.25, -0.2) is 0 Å². The maximum absolute atomic E-state index is 11.8. The van der Waals surface area contributed by atoms with E-state index >= 15 is 0 Å². The number of piperazine rings is 1. The van der Waals surface area contributed by atoms with Gasteiger partial charge in [-0.15, -0.1) is 0 Å². The van der Waals surface area contributed by atoms with E-state index in [1.54, 1.807) is 4.90 Å². The highest BCUT2D eigenvalue weighted by Gasteiger charge is 2.21. The molecule has 2 N–H and O–H groups in total. The molecule has 0 atom stereocenters. The largest absolute Gasteiger partial charge is 0.480 e. The molecule has 1 rings (SSSR count). The van der Waals surface area contributed by atoms with Crippen LogP contribution in [0.25, 0.3) is 0 Å². The van der Waals surface area contributed by atoms with Gasteiger partial charge in [-0.05, 0) is 0 Å². The summed E-state index contributed by atoms with van der Waals surface area (Å²) >= 11 is 0. The number of carbonyl (C=O) groups excluding carboxylic acids is 1. The molecule has 1 fully saturated rings. The molecular weight excluding hydrogens is 222 g/mol. The number of nitrogens with one attached hydrogen (secondary N) is 1. The average molecular weight is 243 g/mol. The highest BCUT2D eigenvalue weighted by molar-refractivity contribution is 5.78. The second-order valence-electron chi connectivity index (χ2n) is 4.59. The summed E-state index contributed by atoms with van der Waals surface area (Å²) in [4.78, 5) is 25.9. The van der Waals surface area contributed by atoms with Crippen molar-refractivity contribution in [1.29, 1.82) is 0 Å². The first-order valence-electron chi connectivity index (χ1n) is 5.94. The zero-order valence-electron chi connectivity index (χ0n) is 10.5. The quantitative estimate of drug-likeness (QED) is 0.662. The molecule has 1 heterocycles. The van der Waals surface area contributed by atoms with E-state index in [9.17, 15) is 9.59 Å². The Morgan fingerprint density at radius 2 is 1.82 bits per heavy atom. The van der Waals surface area contributed by atoms with Crippen LogP contribution in [0.1, 0.15) is 13.8 Å². The van der Waals surface area contributed by atoms with Gasteiger partial charge in [0.25, 0.3) is 0 Å². The van der Waals surface area contributed by atoms with E-state index < -0.39 is 5.97 Å². The van der Waals surface area contributed by atoms with Crippen LogP contribution >= 0.6 is 0 Å². The van der Waals surface area contributed by atoms with Crippen LogP contribution in [0.3, 0.4) is 0 Å². The molecule has 0 bridgehead atoms. The van der Waals surface area contributed by atoms with Gasteiger partial charge < -0.3 is 15.3 Å². The minimum Gasteiger partial charge on any atom is -0.480 e. The molecule has 0 aromatic rings. The van der Waals surface area contributed by atoms with Gasteiger partial charge in [0.1, 0.15) is 0 Å². The minimum atomic E-state index is -0.814. The van der Waals surface area contributed by atoms with Crippen molar-refractivity contribution in [3.8, 4) is 0 Å². The van der Waals surface area contributed by atoms with Gasteiger partial charge in [-0.2, -0.15) is 0 Å². The summed E-state index contributed by atoms with van der Waals surface area (Å²) in [6.07, 6.45) is 0. The highest BCUT2D eigenvalue weighted by atomic mass is 16.4. The Hall–Kier alpha value is -1.14. The van der Waals surface area contributed by atoms with E-state index in [4.69, 9.17) is 5.11 Å². The third-order valence-electron chi connectivity index (χ3n) is 2.75. The van der Waals surface area contributed by atoms with Crippen molar-refractivity contribution in [2.24, 2.45) is 0 Å². The number of carbonyl (C=O) groups is 2. The Morgan fingerprint density at radius 1 is 1.24 bits per heavy atom. The van der Waals surface area contributed by atoms with Crippen molar-refractivity contribution in [2.75, 3.05) is 39.3 Å². The van der Waals surface area contributed by atoms with Crippen molar-refractivity contribution in [1.82, 2.24) is 15.1 Å². The first-order chi connectivity index (χ1) is 7.99. The lowest BCUT2D eigenvalue weighted by molar-refractivity contribution is -0.139. The molecule has 0 aromatic heterocycles. The predicted octanol–water partition coefficient (Wildman–Crippen LogP) is -0.787. The molecule has 0 spiro atoms. The van der Waals surface area contributed by atoms with Crippen LogP contribution < -0.4 is 5.32 Å². The lowest BCUT2D eigenvalue weighted by atomic mass is 10.3. The van der Waals surface area contributed by atoms with Gasteiger partial charge >= 0.3 is 5.97 Å². The van der Waals surface area contributed by atoms with Gasteiger partial charge in [0, 0.05) is 32.2 Å². The summed E-state index contributed by atoms with van der Waals surface area (Å²) in [6, 6.07) is 0.298. The van der Waals surface area contributed by atoms with Gasteiger partial charge in [0.2, 0.25) is 5.91 Å². The lowest BCUT2D eigenvalue weighted by Crippen LogP contribution is -2.52. The minimum absolute atomic E-state index is 0.0618. The first-order valence-corrected chi connectivity index (χ1v) is 5.94. The molecule has 98 valence electrons. The van der Waals surface area contributed by atoms with Crippen LogP contribution in [-0.4, -0.2) is 72.1 Å². The normalized spacial score (nSPS) is 17.5. The Bertz CT molecular complexity index is 273. The molecule has 0 aliphatic carbocycles. The maximum Gasteiger partial charge on any atom is 0.317 e. The van der Waals surface area contributed by atoms with Crippen LogP contribution in [0, 0.1) is 0 Å². The Morgan fingerprint density at radius 3 is 2.29 bits per heavy atom. The van der Waals surface area contributed by atoms with Gasteiger partial charge in [0.15, 0.2) is 0 Å². The van der Waals surface area contributed by atoms with Crippen LogP contribution in [-0.2, 0) is 9.59 Å². The van der Waals surface area contributed by atoms with Crippen molar-refractivity contribution in [2.45, 2.75) is 19.9 Å². The zero-order valence-corrected chi connectivity index (χ0v) is 10.5. The smallest absolute Gasteiger partial charge is 0.317 e. The van der Waals surface area contributed by atoms with E-state index in [2.05, 4.69) is 5.32 Å². The number of aliphatic carboxylic acids is 1. The molecule has 0 radical (unpaired) electrons. The second kappa shape index (κ2) is 6.56. The molecule has 1 aliphatic heterocycles. The number of rotatable bonds is 5. The Labute approximate surface area is 102 Å². The molecule has 1 amide bonds. The topological polar surface area (TPSA) is 72.9 Å². The fourth-order valence-electron chi connectivity index (χ4n) is 1.75. The number of hydrogen-bond acceptors (Lipinski definition) is 4. The molecule has 6 nitrogen and oxygen atoms in total. The number of carboxylic acids is 1. The van der Waals surface area contributed by atoms with Gasteiger partial charge in [-0.1, -0.05) is 13.8 Å². The van der Waals surface area contributed by atoms with E-state index in [0.717, 1.165) is 0 Å². The average Bonchev–Trinajstić information content (AvgIpc) is 2.26. The number of carboxylic acid groups (broad SMARTS) is 1.